The number of methoxy groups -OCH3 is 1. The van der Waals surface area contributed by atoms with E-state index in [0.29, 0.717) is 5.92 Å². The minimum Gasteiger partial charge on any atom is -0.496 e. The lowest BCUT2D eigenvalue weighted by molar-refractivity contribution is 0.371. The zero-order valence-corrected chi connectivity index (χ0v) is 10.8. The Kier molecular flexibility index (Phi) is 4.81. The fourth-order valence-corrected chi connectivity index (χ4v) is 2.14. The zero-order chi connectivity index (χ0) is 12.1. The molecular weight excluding hydrogens is 198 g/mol. The van der Waals surface area contributed by atoms with Gasteiger partial charge in [0.25, 0.3) is 0 Å². The summed E-state index contributed by atoms with van der Waals surface area (Å²) in [5.74, 6) is 1.44. The van der Waals surface area contributed by atoms with Crippen LogP contribution in [0.4, 0.5) is 0 Å². The number of hydrogen-bond donors (Lipinski definition) is 1. The molecule has 0 bridgehead atoms. The minimum atomic E-state index is 0.0746. The van der Waals surface area contributed by atoms with Gasteiger partial charge < -0.3 is 10.5 Å². The van der Waals surface area contributed by atoms with Gasteiger partial charge in [-0.25, -0.2) is 0 Å². The first-order chi connectivity index (χ1) is 7.63. The van der Waals surface area contributed by atoms with Crippen molar-refractivity contribution in [3.63, 3.8) is 0 Å². The van der Waals surface area contributed by atoms with Crippen LogP contribution >= 0.6 is 0 Å². The Balaban J connectivity index is 3.02. The largest absolute Gasteiger partial charge is 0.496 e. The molecule has 0 saturated heterocycles. The van der Waals surface area contributed by atoms with Crippen LogP contribution in [0.3, 0.4) is 0 Å². The predicted octanol–water partition coefficient (Wildman–Crippen LogP) is 3.44. The maximum atomic E-state index is 6.31. The summed E-state index contributed by atoms with van der Waals surface area (Å²) in [5, 5.41) is 0. The molecule has 0 aliphatic rings. The fraction of sp³-hybridized carbons (Fsp3) is 0.571. The van der Waals surface area contributed by atoms with Gasteiger partial charge in [-0.05, 0) is 24.5 Å². The van der Waals surface area contributed by atoms with Gasteiger partial charge in [-0.3, -0.25) is 0 Å². The highest BCUT2D eigenvalue weighted by molar-refractivity contribution is 5.39. The molecule has 1 atom stereocenters. The fourth-order valence-electron chi connectivity index (χ4n) is 2.14. The second kappa shape index (κ2) is 5.90. The van der Waals surface area contributed by atoms with Crippen molar-refractivity contribution in [2.24, 2.45) is 11.7 Å². The Hall–Kier alpha value is -1.02. The molecule has 0 fully saturated rings. The van der Waals surface area contributed by atoms with E-state index in [1.165, 1.54) is 5.56 Å². The van der Waals surface area contributed by atoms with E-state index in [-0.39, 0.29) is 6.04 Å². The normalized spacial score (nSPS) is 12.9. The van der Waals surface area contributed by atoms with Gasteiger partial charge in [-0.2, -0.15) is 0 Å². The third kappa shape index (κ3) is 2.76. The molecule has 0 heterocycles. The van der Waals surface area contributed by atoms with Crippen LogP contribution < -0.4 is 10.5 Å². The summed E-state index contributed by atoms with van der Waals surface area (Å²) in [7, 11) is 1.71. The van der Waals surface area contributed by atoms with Crippen LogP contribution in [0, 0.1) is 12.8 Å². The number of nitrogens with two attached hydrogens (primary N) is 1. The third-order valence-corrected chi connectivity index (χ3v) is 3.30. The van der Waals surface area contributed by atoms with E-state index in [4.69, 9.17) is 10.5 Å². The number of hydrogen-bond acceptors (Lipinski definition) is 2. The molecule has 0 aromatic heterocycles. The summed E-state index contributed by atoms with van der Waals surface area (Å²) in [6.07, 6.45) is 2.21. The lowest BCUT2D eigenvalue weighted by Crippen LogP contribution is -2.21. The minimum absolute atomic E-state index is 0.0746. The number of ether oxygens (including phenoxy) is 1. The van der Waals surface area contributed by atoms with Crippen molar-refractivity contribution in [1.29, 1.82) is 0 Å². The smallest absolute Gasteiger partial charge is 0.123 e. The Bertz CT molecular complexity index is 332. The van der Waals surface area contributed by atoms with E-state index in [0.717, 1.165) is 24.2 Å². The summed E-state index contributed by atoms with van der Waals surface area (Å²) >= 11 is 0. The van der Waals surface area contributed by atoms with Crippen molar-refractivity contribution < 1.29 is 4.74 Å². The van der Waals surface area contributed by atoms with Crippen LogP contribution in [0.15, 0.2) is 18.2 Å². The topological polar surface area (TPSA) is 35.2 Å². The first-order valence-corrected chi connectivity index (χ1v) is 6.04. The first-order valence-electron chi connectivity index (χ1n) is 6.04. The molecule has 2 heteroatoms. The average Bonchev–Trinajstić information content (AvgIpc) is 2.30. The Morgan fingerprint density at radius 1 is 1.25 bits per heavy atom. The van der Waals surface area contributed by atoms with Crippen LogP contribution in [-0.2, 0) is 0 Å². The standard InChI is InChI=1S/C14H23NO/c1-5-11(6-2)14(15)12-8-7-10(3)9-13(12)16-4/h7-9,11,14H,5-6,15H2,1-4H3. The summed E-state index contributed by atoms with van der Waals surface area (Å²) in [5.41, 5.74) is 8.64. The van der Waals surface area contributed by atoms with Crippen molar-refractivity contribution in [3.8, 4) is 5.75 Å². The molecule has 0 spiro atoms. The van der Waals surface area contributed by atoms with Gasteiger partial charge in [0.15, 0.2) is 0 Å². The second-order valence-electron chi connectivity index (χ2n) is 4.35. The molecule has 16 heavy (non-hydrogen) atoms. The third-order valence-electron chi connectivity index (χ3n) is 3.30. The Morgan fingerprint density at radius 2 is 1.88 bits per heavy atom. The van der Waals surface area contributed by atoms with Crippen LogP contribution in [0.1, 0.15) is 43.9 Å². The van der Waals surface area contributed by atoms with E-state index in [2.05, 4.69) is 39.0 Å². The van der Waals surface area contributed by atoms with Gasteiger partial charge in [0.05, 0.1) is 7.11 Å². The van der Waals surface area contributed by atoms with Crippen molar-refractivity contribution in [1.82, 2.24) is 0 Å². The van der Waals surface area contributed by atoms with E-state index >= 15 is 0 Å². The summed E-state index contributed by atoms with van der Waals surface area (Å²) in [6.45, 7) is 6.44. The summed E-state index contributed by atoms with van der Waals surface area (Å²) < 4.78 is 5.41. The Morgan fingerprint density at radius 3 is 2.38 bits per heavy atom. The molecule has 2 nitrogen and oxygen atoms in total. The summed E-state index contributed by atoms with van der Waals surface area (Å²) in [6, 6.07) is 6.32. The maximum absolute atomic E-state index is 6.31. The monoisotopic (exact) mass is 221 g/mol. The number of rotatable bonds is 5. The van der Waals surface area contributed by atoms with Gasteiger partial charge in [-0.1, -0.05) is 38.8 Å². The molecule has 1 aromatic carbocycles. The highest BCUT2D eigenvalue weighted by atomic mass is 16.5. The van der Waals surface area contributed by atoms with Crippen molar-refractivity contribution in [2.75, 3.05) is 7.11 Å². The highest BCUT2D eigenvalue weighted by Crippen LogP contribution is 2.32. The molecule has 1 unspecified atom stereocenters. The van der Waals surface area contributed by atoms with Gasteiger partial charge in [-0.15, -0.1) is 0 Å². The molecule has 1 rings (SSSR count). The molecular formula is C14H23NO. The molecule has 0 saturated carbocycles. The molecule has 0 aliphatic heterocycles. The lowest BCUT2D eigenvalue weighted by Gasteiger charge is -2.23. The number of benzene rings is 1. The van der Waals surface area contributed by atoms with Crippen molar-refractivity contribution in [3.05, 3.63) is 29.3 Å². The van der Waals surface area contributed by atoms with E-state index in [9.17, 15) is 0 Å². The molecule has 0 aliphatic carbocycles. The predicted molar refractivity (Wildman–Crippen MR) is 68.7 cm³/mol. The average molecular weight is 221 g/mol. The van der Waals surface area contributed by atoms with Gasteiger partial charge in [0.1, 0.15) is 5.75 Å². The van der Waals surface area contributed by atoms with E-state index in [1.54, 1.807) is 7.11 Å². The summed E-state index contributed by atoms with van der Waals surface area (Å²) in [4.78, 5) is 0. The molecule has 1 aromatic rings. The lowest BCUT2D eigenvalue weighted by atomic mass is 9.89. The van der Waals surface area contributed by atoms with Crippen molar-refractivity contribution >= 4 is 0 Å². The quantitative estimate of drug-likeness (QED) is 0.826. The molecule has 0 radical (unpaired) electrons. The van der Waals surface area contributed by atoms with Crippen LogP contribution in [0.5, 0.6) is 5.75 Å². The van der Waals surface area contributed by atoms with Gasteiger partial charge in [0, 0.05) is 11.6 Å². The maximum Gasteiger partial charge on any atom is 0.123 e. The van der Waals surface area contributed by atoms with Crippen LogP contribution in [0.2, 0.25) is 0 Å². The van der Waals surface area contributed by atoms with Gasteiger partial charge in [0.2, 0.25) is 0 Å². The molecule has 0 amide bonds. The van der Waals surface area contributed by atoms with Crippen LogP contribution in [0.25, 0.3) is 0 Å². The second-order valence-corrected chi connectivity index (χ2v) is 4.35. The first kappa shape index (κ1) is 13.0. The number of aryl methyl sites for hydroxylation is 1. The van der Waals surface area contributed by atoms with E-state index in [1.807, 2.05) is 0 Å². The molecule has 2 N–H and O–H groups in total. The molecule has 90 valence electrons. The van der Waals surface area contributed by atoms with E-state index < -0.39 is 0 Å². The Labute approximate surface area is 98.8 Å². The zero-order valence-electron chi connectivity index (χ0n) is 10.8. The van der Waals surface area contributed by atoms with Crippen molar-refractivity contribution in [2.45, 2.75) is 39.7 Å². The van der Waals surface area contributed by atoms with Crippen LogP contribution in [-0.4, -0.2) is 7.11 Å². The van der Waals surface area contributed by atoms with Gasteiger partial charge >= 0.3 is 0 Å². The SMILES string of the molecule is CCC(CC)C(N)c1ccc(C)cc1OC. The highest BCUT2D eigenvalue weighted by Gasteiger charge is 2.19.